The first-order valence-corrected chi connectivity index (χ1v) is 4.42. The van der Waals surface area contributed by atoms with Gasteiger partial charge in [0.25, 0.3) is 0 Å². The van der Waals surface area contributed by atoms with Crippen molar-refractivity contribution in [2.24, 2.45) is 0 Å². The molecule has 2 N–H and O–H groups in total. The van der Waals surface area contributed by atoms with Gasteiger partial charge in [-0.25, -0.2) is 0 Å². The predicted octanol–water partition coefficient (Wildman–Crippen LogP) is -0.109. The Bertz CT molecular complexity index is 89.8. The van der Waals surface area contributed by atoms with Crippen molar-refractivity contribution in [3.8, 4) is 0 Å². The van der Waals surface area contributed by atoms with Crippen LogP contribution in [0.1, 0.15) is 25.7 Å². The summed E-state index contributed by atoms with van der Waals surface area (Å²) in [6.07, 6.45) is 6.09. The summed E-state index contributed by atoms with van der Waals surface area (Å²) in [4.78, 5) is 0. The lowest BCUT2D eigenvalue weighted by atomic mass is 9.92. The normalized spacial score (nSPS) is 40.8. The molecule has 2 heteroatoms. The monoisotopic (exact) mass is 142 g/mol. The highest BCUT2D eigenvalue weighted by Gasteiger charge is 2.30. The molecule has 0 amide bonds. The van der Waals surface area contributed by atoms with Crippen LogP contribution < -0.4 is 5.32 Å². The number of morpholine rings is 1. The van der Waals surface area contributed by atoms with E-state index in [2.05, 4.69) is 5.32 Å². The van der Waals surface area contributed by atoms with Crippen LogP contribution in [0.3, 0.4) is 0 Å². The average Bonchev–Trinajstić information content (AvgIpc) is 2.05. The minimum Gasteiger partial charge on any atom is -0.366 e. The van der Waals surface area contributed by atoms with Crippen molar-refractivity contribution < 1.29 is 10.1 Å². The lowest BCUT2D eigenvalue weighted by molar-refractivity contribution is -0.714. The summed E-state index contributed by atoms with van der Waals surface area (Å²) in [5.41, 5.74) is 0. The highest BCUT2D eigenvalue weighted by atomic mass is 16.5. The molecule has 0 aromatic carbocycles. The average molecular weight is 142 g/mol. The van der Waals surface area contributed by atoms with E-state index in [1.807, 2.05) is 0 Å². The minimum atomic E-state index is 0.600. The van der Waals surface area contributed by atoms with Crippen LogP contribution in [0.4, 0.5) is 0 Å². The number of hydrogen-bond donors (Lipinski definition) is 1. The van der Waals surface area contributed by atoms with E-state index in [1.54, 1.807) is 0 Å². The van der Waals surface area contributed by atoms with Crippen LogP contribution in [0.2, 0.25) is 0 Å². The van der Waals surface area contributed by atoms with Gasteiger partial charge in [-0.2, -0.15) is 0 Å². The summed E-state index contributed by atoms with van der Waals surface area (Å²) in [6, 6.07) is 0.808. The molecule has 2 atom stereocenters. The number of fused-ring (bicyclic) bond motifs is 1. The van der Waals surface area contributed by atoms with Crippen molar-refractivity contribution in [2.75, 3.05) is 13.2 Å². The Balaban J connectivity index is 1.93. The summed E-state index contributed by atoms with van der Waals surface area (Å²) in [7, 11) is 0. The fourth-order valence-corrected chi connectivity index (χ4v) is 2.10. The second kappa shape index (κ2) is 2.89. The molecule has 0 unspecified atom stereocenters. The molecule has 1 saturated carbocycles. The van der Waals surface area contributed by atoms with E-state index in [4.69, 9.17) is 4.74 Å². The summed E-state index contributed by atoms with van der Waals surface area (Å²) < 4.78 is 5.65. The van der Waals surface area contributed by atoms with E-state index in [0.717, 1.165) is 12.6 Å². The van der Waals surface area contributed by atoms with E-state index < -0.39 is 0 Å². The van der Waals surface area contributed by atoms with Gasteiger partial charge in [0.05, 0.1) is 13.2 Å². The first-order chi connectivity index (χ1) is 4.97. The summed E-state index contributed by atoms with van der Waals surface area (Å²) in [6.45, 7) is 2.16. The zero-order chi connectivity index (χ0) is 6.81. The Labute approximate surface area is 61.9 Å². The van der Waals surface area contributed by atoms with Crippen LogP contribution in [0, 0.1) is 0 Å². The van der Waals surface area contributed by atoms with E-state index in [-0.39, 0.29) is 0 Å². The van der Waals surface area contributed by atoms with Gasteiger partial charge in [-0.05, 0) is 12.8 Å². The van der Waals surface area contributed by atoms with Gasteiger partial charge in [0, 0.05) is 6.42 Å². The third kappa shape index (κ3) is 1.18. The van der Waals surface area contributed by atoms with Crippen molar-refractivity contribution in [1.82, 2.24) is 0 Å². The molecule has 0 spiro atoms. The molecule has 2 fully saturated rings. The maximum atomic E-state index is 5.65. The molecular weight excluding hydrogens is 126 g/mol. The Kier molecular flexibility index (Phi) is 1.91. The Morgan fingerprint density at radius 2 is 2.10 bits per heavy atom. The maximum absolute atomic E-state index is 5.65. The van der Waals surface area contributed by atoms with Crippen molar-refractivity contribution in [3.63, 3.8) is 0 Å². The fourth-order valence-electron chi connectivity index (χ4n) is 2.10. The minimum absolute atomic E-state index is 0.600. The third-order valence-corrected chi connectivity index (χ3v) is 2.67. The zero-order valence-corrected chi connectivity index (χ0v) is 6.38. The second-order valence-electron chi connectivity index (χ2n) is 3.38. The number of hydrogen-bond acceptors (Lipinski definition) is 1. The SMILES string of the molecule is C1CC[C@@H]2OCC[NH2+][C@H]2C1. The maximum Gasteiger partial charge on any atom is 0.112 e. The van der Waals surface area contributed by atoms with E-state index in [9.17, 15) is 0 Å². The van der Waals surface area contributed by atoms with Crippen LogP contribution in [-0.2, 0) is 4.74 Å². The number of nitrogens with two attached hydrogens (primary N) is 1. The largest absolute Gasteiger partial charge is 0.366 e. The zero-order valence-electron chi connectivity index (χ0n) is 6.38. The third-order valence-electron chi connectivity index (χ3n) is 2.67. The summed E-state index contributed by atoms with van der Waals surface area (Å²) in [5.74, 6) is 0. The van der Waals surface area contributed by atoms with Crippen LogP contribution in [0.25, 0.3) is 0 Å². The first-order valence-electron chi connectivity index (χ1n) is 4.42. The standard InChI is InChI=1S/C8H15NO/c1-2-4-8-7(3-1)9-5-6-10-8/h7-9H,1-6H2/p+1/t7-,8-/m0/s1. The van der Waals surface area contributed by atoms with Gasteiger partial charge in [0.2, 0.25) is 0 Å². The number of rotatable bonds is 0. The summed E-state index contributed by atoms with van der Waals surface area (Å²) in [5, 5.41) is 2.47. The van der Waals surface area contributed by atoms with E-state index >= 15 is 0 Å². The van der Waals surface area contributed by atoms with Crippen molar-refractivity contribution >= 4 is 0 Å². The molecule has 1 aliphatic carbocycles. The van der Waals surface area contributed by atoms with E-state index in [1.165, 1.54) is 32.2 Å². The fraction of sp³-hybridized carbons (Fsp3) is 1.00. The van der Waals surface area contributed by atoms with E-state index in [0.29, 0.717) is 6.10 Å². The highest BCUT2D eigenvalue weighted by Crippen LogP contribution is 2.19. The van der Waals surface area contributed by atoms with Crippen LogP contribution in [-0.4, -0.2) is 25.3 Å². The van der Waals surface area contributed by atoms with Gasteiger partial charge in [-0.3, -0.25) is 0 Å². The molecule has 10 heavy (non-hydrogen) atoms. The molecule has 1 aliphatic heterocycles. The van der Waals surface area contributed by atoms with Crippen molar-refractivity contribution in [2.45, 2.75) is 37.8 Å². The van der Waals surface area contributed by atoms with Gasteiger partial charge in [0.15, 0.2) is 0 Å². The molecule has 0 bridgehead atoms. The molecule has 2 aliphatic rings. The van der Waals surface area contributed by atoms with Crippen LogP contribution >= 0.6 is 0 Å². The number of quaternary nitrogens is 1. The Hall–Kier alpha value is -0.0800. The topological polar surface area (TPSA) is 25.8 Å². The van der Waals surface area contributed by atoms with Crippen LogP contribution in [0.15, 0.2) is 0 Å². The van der Waals surface area contributed by atoms with Crippen molar-refractivity contribution in [3.05, 3.63) is 0 Å². The molecule has 2 nitrogen and oxygen atoms in total. The predicted molar refractivity (Wildman–Crippen MR) is 38.8 cm³/mol. The van der Waals surface area contributed by atoms with Gasteiger partial charge < -0.3 is 10.1 Å². The highest BCUT2D eigenvalue weighted by molar-refractivity contribution is 4.75. The first kappa shape index (κ1) is 6.62. The molecule has 0 aromatic heterocycles. The van der Waals surface area contributed by atoms with Crippen molar-refractivity contribution in [1.29, 1.82) is 0 Å². The molecule has 1 saturated heterocycles. The lowest BCUT2D eigenvalue weighted by Crippen LogP contribution is -2.95. The quantitative estimate of drug-likeness (QED) is 0.502. The Morgan fingerprint density at radius 1 is 1.20 bits per heavy atom. The van der Waals surface area contributed by atoms with Crippen LogP contribution in [0.5, 0.6) is 0 Å². The molecule has 58 valence electrons. The second-order valence-corrected chi connectivity index (χ2v) is 3.38. The molecular formula is C8H16NO+. The van der Waals surface area contributed by atoms with Gasteiger partial charge >= 0.3 is 0 Å². The molecule has 2 rings (SSSR count). The molecule has 1 heterocycles. The number of ether oxygens (including phenoxy) is 1. The van der Waals surface area contributed by atoms with Gasteiger partial charge in [-0.15, -0.1) is 0 Å². The molecule has 0 aromatic rings. The molecule has 0 radical (unpaired) electrons. The van der Waals surface area contributed by atoms with Gasteiger partial charge in [0.1, 0.15) is 12.1 Å². The van der Waals surface area contributed by atoms with Gasteiger partial charge in [-0.1, -0.05) is 6.42 Å². The summed E-state index contributed by atoms with van der Waals surface area (Å²) >= 11 is 0. The Morgan fingerprint density at radius 3 is 3.00 bits per heavy atom. The smallest absolute Gasteiger partial charge is 0.112 e. The lowest BCUT2D eigenvalue weighted by Gasteiger charge is -2.33.